The van der Waals surface area contributed by atoms with E-state index in [1.165, 1.54) is 0 Å². The monoisotopic (exact) mass is 280 g/mol. The van der Waals surface area contributed by atoms with E-state index in [1.807, 2.05) is 59.9 Å². The number of aromatic nitrogens is 2. The molecule has 3 rings (SSSR count). The van der Waals surface area contributed by atoms with Crippen molar-refractivity contribution in [1.29, 1.82) is 0 Å². The molecular weight excluding hydrogens is 264 g/mol. The number of pyridine rings is 1. The molecule has 0 unspecified atom stereocenters. The Kier molecular flexibility index (Phi) is 3.44. The van der Waals surface area contributed by atoms with E-state index in [2.05, 4.69) is 4.98 Å². The van der Waals surface area contributed by atoms with E-state index in [0.717, 1.165) is 22.6 Å². The zero-order valence-electron chi connectivity index (χ0n) is 11.7. The third kappa shape index (κ3) is 2.52. The molecule has 0 radical (unpaired) electrons. The van der Waals surface area contributed by atoms with Crippen molar-refractivity contribution in [1.82, 2.24) is 9.38 Å². The molecule has 1 aromatic carbocycles. The van der Waals surface area contributed by atoms with Crippen LogP contribution in [0.3, 0.4) is 0 Å². The Labute approximate surface area is 122 Å². The fourth-order valence-corrected chi connectivity index (χ4v) is 2.73. The predicted molar refractivity (Wildman–Crippen MR) is 80.5 cm³/mol. The molecule has 2 heterocycles. The molecule has 4 nitrogen and oxygen atoms in total. The fraction of sp³-hybridized carbons (Fsp3) is 0.176. The van der Waals surface area contributed by atoms with E-state index in [0.29, 0.717) is 0 Å². The third-order valence-corrected chi connectivity index (χ3v) is 3.69. The van der Waals surface area contributed by atoms with E-state index >= 15 is 0 Å². The Morgan fingerprint density at radius 3 is 2.67 bits per heavy atom. The standard InChI is InChI=1S/C17H16N2O2/c1-12-6-5-9-16-18-11-15(19(12)16)14(10-17(20)21)13-7-3-2-4-8-13/h2-9,11,14H,10H2,1H3,(H,20,21)/t14-/m0/s1. The number of carboxylic acids is 1. The molecule has 3 aromatic rings. The average molecular weight is 280 g/mol. The Morgan fingerprint density at radius 2 is 1.95 bits per heavy atom. The van der Waals surface area contributed by atoms with Gasteiger partial charge in [-0.25, -0.2) is 4.98 Å². The quantitative estimate of drug-likeness (QED) is 0.798. The van der Waals surface area contributed by atoms with Gasteiger partial charge in [-0.05, 0) is 24.6 Å². The SMILES string of the molecule is Cc1cccc2ncc([C@@H](CC(=O)O)c3ccccc3)n12. The lowest BCUT2D eigenvalue weighted by molar-refractivity contribution is -0.137. The molecule has 0 spiro atoms. The largest absolute Gasteiger partial charge is 0.481 e. The van der Waals surface area contributed by atoms with Gasteiger partial charge in [0, 0.05) is 17.8 Å². The first-order valence-corrected chi connectivity index (χ1v) is 6.86. The Morgan fingerprint density at radius 1 is 1.19 bits per heavy atom. The first-order chi connectivity index (χ1) is 10.2. The lowest BCUT2D eigenvalue weighted by Gasteiger charge is -2.16. The fourth-order valence-electron chi connectivity index (χ4n) is 2.73. The number of hydrogen-bond acceptors (Lipinski definition) is 2. The minimum Gasteiger partial charge on any atom is -0.481 e. The molecule has 0 saturated carbocycles. The summed E-state index contributed by atoms with van der Waals surface area (Å²) >= 11 is 0. The molecule has 2 aromatic heterocycles. The predicted octanol–water partition coefficient (Wildman–Crippen LogP) is 3.25. The van der Waals surface area contributed by atoms with Crippen LogP contribution < -0.4 is 0 Å². The van der Waals surface area contributed by atoms with E-state index in [-0.39, 0.29) is 12.3 Å². The number of imidazole rings is 1. The number of carboxylic acid groups (broad SMARTS) is 1. The summed E-state index contributed by atoms with van der Waals surface area (Å²) in [7, 11) is 0. The van der Waals surface area contributed by atoms with E-state index in [9.17, 15) is 9.90 Å². The summed E-state index contributed by atoms with van der Waals surface area (Å²) in [5.74, 6) is -1.02. The van der Waals surface area contributed by atoms with Crippen molar-refractivity contribution in [2.45, 2.75) is 19.3 Å². The van der Waals surface area contributed by atoms with Gasteiger partial charge in [0.15, 0.2) is 0 Å². The van der Waals surface area contributed by atoms with Crippen molar-refractivity contribution in [2.24, 2.45) is 0 Å². The molecule has 1 N–H and O–H groups in total. The average Bonchev–Trinajstić information content (AvgIpc) is 2.91. The number of nitrogens with zero attached hydrogens (tertiary/aromatic N) is 2. The molecule has 0 aliphatic heterocycles. The van der Waals surface area contributed by atoms with Crippen molar-refractivity contribution >= 4 is 11.6 Å². The Hall–Kier alpha value is -2.62. The second-order valence-corrected chi connectivity index (χ2v) is 5.10. The summed E-state index contributed by atoms with van der Waals surface area (Å²) in [5, 5.41) is 9.26. The normalized spacial score (nSPS) is 12.4. The van der Waals surface area contributed by atoms with Crippen LogP contribution in [0.15, 0.2) is 54.7 Å². The molecule has 0 amide bonds. The Balaban J connectivity index is 2.17. The molecule has 4 heteroatoms. The highest BCUT2D eigenvalue weighted by Gasteiger charge is 2.21. The van der Waals surface area contributed by atoms with Crippen molar-refractivity contribution < 1.29 is 9.90 Å². The maximum atomic E-state index is 11.3. The smallest absolute Gasteiger partial charge is 0.304 e. The maximum absolute atomic E-state index is 11.3. The van der Waals surface area contributed by atoms with Gasteiger partial charge in [0.05, 0.1) is 12.1 Å². The van der Waals surface area contributed by atoms with Crippen LogP contribution in [0.4, 0.5) is 0 Å². The highest BCUT2D eigenvalue weighted by atomic mass is 16.4. The minimum absolute atomic E-state index is 0.0478. The van der Waals surface area contributed by atoms with Gasteiger partial charge in [-0.15, -0.1) is 0 Å². The van der Waals surface area contributed by atoms with Crippen LogP contribution in [-0.4, -0.2) is 20.5 Å². The lowest BCUT2D eigenvalue weighted by atomic mass is 9.93. The van der Waals surface area contributed by atoms with E-state index in [1.54, 1.807) is 6.20 Å². The topological polar surface area (TPSA) is 54.6 Å². The first kappa shape index (κ1) is 13.4. The van der Waals surface area contributed by atoms with Crippen LogP contribution >= 0.6 is 0 Å². The van der Waals surface area contributed by atoms with Gasteiger partial charge < -0.3 is 9.51 Å². The molecule has 0 aliphatic carbocycles. The molecule has 0 aliphatic rings. The Bertz CT molecular complexity index is 778. The summed E-state index contributed by atoms with van der Waals surface area (Å²) in [6.07, 6.45) is 1.83. The maximum Gasteiger partial charge on any atom is 0.304 e. The lowest BCUT2D eigenvalue weighted by Crippen LogP contribution is -2.11. The molecule has 0 fully saturated rings. The van der Waals surface area contributed by atoms with Gasteiger partial charge in [-0.2, -0.15) is 0 Å². The highest BCUT2D eigenvalue weighted by Crippen LogP contribution is 2.29. The molecule has 1 atom stereocenters. The minimum atomic E-state index is -0.813. The number of hydrogen-bond donors (Lipinski definition) is 1. The van der Waals surface area contributed by atoms with E-state index in [4.69, 9.17) is 0 Å². The van der Waals surface area contributed by atoms with E-state index < -0.39 is 5.97 Å². The van der Waals surface area contributed by atoms with Gasteiger partial charge in [-0.1, -0.05) is 36.4 Å². The van der Waals surface area contributed by atoms with Gasteiger partial charge in [0.25, 0.3) is 0 Å². The molecular formula is C17H16N2O2. The van der Waals surface area contributed by atoms with Crippen LogP contribution in [-0.2, 0) is 4.79 Å². The second kappa shape index (κ2) is 5.40. The zero-order valence-corrected chi connectivity index (χ0v) is 11.7. The summed E-state index contributed by atoms with van der Waals surface area (Å²) in [5.41, 5.74) is 3.80. The van der Waals surface area contributed by atoms with Crippen molar-refractivity contribution in [3.05, 3.63) is 71.7 Å². The van der Waals surface area contributed by atoms with Crippen LogP contribution in [0.25, 0.3) is 5.65 Å². The van der Waals surface area contributed by atoms with Crippen LogP contribution in [0.1, 0.15) is 29.3 Å². The van der Waals surface area contributed by atoms with Crippen molar-refractivity contribution in [3.8, 4) is 0 Å². The number of fused-ring (bicyclic) bond motifs is 1. The van der Waals surface area contributed by atoms with Gasteiger partial charge >= 0.3 is 5.97 Å². The number of rotatable bonds is 4. The molecule has 21 heavy (non-hydrogen) atoms. The third-order valence-electron chi connectivity index (χ3n) is 3.69. The summed E-state index contributed by atoms with van der Waals surface area (Å²) < 4.78 is 2.03. The number of aliphatic carboxylic acids is 1. The zero-order chi connectivity index (χ0) is 14.8. The summed E-state index contributed by atoms with van der Waals surface area (Å²) in [6, 6.07) is 15.6. The number of benzene rings is 1. The highest BCUT2D eigenvalue weighted by molar-refractivity contribution is 5.69. The molecule has 0 saturated heterocycles. The van der Waals surface area contributed by atoms with Crippen LogP contribution in [0.2, 0.25) is 0 Å². The first-order valence-electron chi connectivity index (χ1n) is 6.86. The van der Waals surface area contributed by atoms with Crippen LogP contribution in [0.5, 0.6) is 0 Å². The molecule has 106 valence electrons. The number of aryl methyl sites for hydroxylation is 1. The van der Waals surface area contributed by atoms with Crippen LogP contribution in [0, 0.1) is 6.92 Å². The van der Waals surface area contributed by atoms with Gasteiger partial charge in [-0.3, -0.25) is 4.79 Å². The van der Waals surface area contributed by atoms with Gasteiger partial charge in [0.1, 0.15) is 5.65 Å². The van der Waals surface area contributed by atoms with Crippen molar-refractivity contribution in [2.75, 3.05) is 0 Å². The number of carbonyl (C=O) groups is 1. The summed E-state index contributed by atoms with van der Waals surface area (Å²) in [6.45, 7) is 2.00. The summed E-state index contributed by atoms with van der Waals surface area (Å²) in [4.78, 5) is 15.7. The molecule has 0 bridgehead atoms. The second-order valence-electron chi connectivity index (χ2n) is 5.10. The van der Waals surface area contributed by atoms with Gasteiger partial charge in [0.2, 0.25) is 0 Å². The van der Waals surface area contributed by atoms with Crippen molar-refractivity contribution in [3.63, 3.8) is 0 Å².